The number of hydrogen-bond acceptors (Lipinski definition) is 7. The third-order valence-corrected chi connectivity index (χ3v) is 9.46. The summed E-state index contributed by atoms with van der Waals surface area (Å²) in [5.74, 6) is 0.601. The van der Waals surface area contributed by atoms with Gasteiger partial charge in [0, 0.05) is 56.3 Å². The summed E-state index contributed by atoms with van der Waals surface area (Å²) >= 11 is 0. The van der Waals surface area contributed by atoms with Crippen molar-refractivity contribution in [1.29, 1.82) is 0 Å². The van der Waals surface area contributed by atoms with Gasteiger partial charge in [-0.25, -0.2) is 9.37 Å². The van der Waals surface area contributed by atoms with E-state index >= 15 is 0 Å². The molecule has 0 bridgehead atoms. The zero-order valence-electron chi connectivity index (χ0n) is 26.1. The van der Waals surface area contributed by atoms with Crippen LogP contribution in [-0.2, 0) is 28.0 Å². The van der Waals surface area contributed by atoms with Crippen LogP contribution in [0, 0.1) is 12.7 Å². The van der Waals surface area contributed by atoms with Crippen LogP contribution in [0.5, 0.6) is 0 Å². The summed E-state index contributed by atoms with van der Waals surface area (Å²) in [5, 5.41) is 13.9. The molecule has 1 amide bonds. The number of aliphatic hydroxyl groups is 1. The number of aromatic nitrogens is 2. The third kappa shape index (κ3) is 5.83. The lowest BCUT2D eigenvalue weighted by atomic mass is 9.90. The van der Waals surface area contributed by atoms with Gasteiger partial charge in [0.05, 0.1) is 49.0 Å². The average molecular weight is 593 g/mol. The number of benzene rings is 1. The topological polar surface area (TPSA) is 85.6 Å². The van der Waals surface area contributed by atoms with Gasteiger partial charge >= 0.3 is 0 Å². The van der Waals surface area contributed by atoms with E-state index in [1.807, 2.05) is 11.8 Å². The van der Waals surface area contributed by atoms with Crippen molar-refractivity contribution in [2.45, 2.75) is 71.2 Å². The Labute approximate surface area is 253 Å². The second-order valence-corrected chi connectivity index (χ2v) is 13.3. The van der Waals surface area contributed by atoms with Gasteiger partial charge in [0.25, 0.3) is 0 Å². The maximum absolute atomic E-state index is 14.3. The van der Waals surface area contributed by atoms with Crippen molar-refractivity contribution in [2.75, 3.05) is 57.4 Å². The molecule has 5 heterocycles. The van der Waals surface area contributed by atoms with E-state index < -0.39 is 0 Å². The van der Waals surface area contributed by atoms with Crippen molar-refractivity contribution < 1.29 is 19.0 Å². The van der Waals surface area contributed by atoms with E-state index in [1.54, 1.807) is 12.1 Å². The molecule has 3 atom stereocenters. The van der Waals surface area contributed by atoms with Gasteiger partial charge in [-0.05, 0) is 56.5 Å². The first kappa shape index (κ1) is 30.1. The molecule has 3 aromatic rings. The molecule has 0 spiro atoms. The lowest BCUT2D eigenvalue weighted by Gasteiger charge is -2.43. The van der Waals surface area contributed by atoms with Crippen molar-refractivity contribution in [3.8, 4) is 0 Å². The van der Waals surface area contributed by atoms with Crippen molar-refractivity contribution >= 4 is 17.1 Å². The number of morpholine rings is 1. The van der Waals surface area contributed by atoms with E-state index in [-0.39, 0.29) is 29.8 Å². The number of rotatable bonds is 7. The Kier molecular flexibility index (Phi) is 8.34. The van der Waals surface area contributed by atoms with E-state index in [9.17, 15) is 14.3 Å². The zero-order chi connectivity index (χ0) is 30.5. The molecule has 0 saturated carbocycles. The molecule has 0 aliphatic carbocycles. The molecule has 0 radical (unpaired) electrons. The van der Waals surface area contributed by atoms with E-state index in [4.69, 9.17) is 9.72 Å². The molecule has 6 rings (SSSR count). The van der Waals surface area contributed by atoms with Gasteiger partial charge < -0.3 is 20.1 Å². The standard InChI is InChI=1S/C33H45FN6O3/c1-21-15-38(27(14-35-21)16-37-10-11-43-19-22(37)2)17-30(42)39-20-33(4,5)32-29(39)13-25(12-24-6-8-26(34)9-7-24)31-28(18-41)36-23(3)40(31)32/h6-9,13,21-22,27,35,41H,10-12,14-20H2,1-5H3/t21-,22-,27-/m1/s1. The van der Waals surface area contributed by atoms with Crippen LogP contribution < -0.4 is 10.2 Å². The first-order chi connectivity index (χ1) is 20.6. The molecule has 2 N–H and O–H groups in total. The highest BCUT2D eigenvalue weighted by molar-refractivity contribution is 5.98. The molecular formula is C33H45FN6O3. The Morgan fingerprint density at radius 1 is 1.21 bits per heavy atom. The number of fused-ring (bicyclic) bond motifs is 3. The Morgan fingerprint density at radius 2 is 1.98 bits per heavy atom. The average Bonchev–Trinajstić information content (AvgIpc) is 3.45. The maximum Gasteiger partial charge on any atom is 0.241 e. The van der Waals surface area contributed by atoms with E-state index in [0.717, 1.165) is 73.2 Å². The van der Waals surface area contributed by atoms with E-state index in [0.29, 0.717) is 37.3 Å². The summed E-state index contributed by atoms with van der Waals surface area (Å²) in [6.07, 6.45) is 0.534. The molecule has 2 saturated heterocycles. The third-order valence-electron chi connectivity index (χ3n) is 9.46. The number of ether oxygens (including phenoxy) is 1. The SMILES string of the molecule is Cc1nc(CO)c2c(Cc3ccc(F)cc3)cc3c(n12)C(C)(C)CN3C(=O)CN1C[C@@H](C)NC[C@@H]1CN1CCOC[C@H]1C. The Hall–Kier alpha value is -2.89. The molecule has 9 nitrogen and oxygen atoms in total. The first-order valence-corrected chi connectivity index (χ1v) is 15.5. The van der Waals surface area contributed by atoms with Gasteiger partial charge in [0.2, 0.25) is 5.91 Å². The largest absolute Gasteiger partial charge is 0.390 e. The summed E-state index contributed by atoms with van der Waals surface area (Å²) in [6.45, 7) is 16.4. The van der Waals surface area contributed by atoms with Crippen LogP contribution in [-0.4, -0.2) is 101 Å². The fraction of sp³-hybridized carbons (Fsp3) is 0.576. The molecule has 0 unspecified atom stereocenters. The van der Waals surface area contributed by atoms with Crippen molar-refractivity contribution in [3.05, 3.63) is 64.5 Å². The molecular weight excluding hydrogens is 547 g/mol. The number of carbonyl (C=O) groups excluding carboxylic acids is 1. The fourth-order valence-corrected chi connectivity index (χ4v) is 7.28. The van der Waals surface area contributed by atoms with Gasteiger partial charge in [0.15, 0.2) is 0 Å². The van der Waals surface area contributed by atoms with Crippen LogP contribution in [0.4, 0.5) is 10.1 Å². The summed E-state index contributed by atoms with van der Waals surface area (Å²) in [7, 11) is 0. The number of nitrogens with zero attached hydrogens (tertiary/aromatic N) is 5. The number of piperazine rings is 1. The van der Waals surface area contributed by atoms with Crippen LogP contribution in [0.1, 0.15) is 56.0 Å². The zero-order valence-corrected chi connectivity index (χ0v) is 26.1. The number of nitrogens with one attached hydrogen (secondary N) is 1. The van der Waals surface area contributed by atoms with Gasteiger partial charge in [-0.1, -0.05) is 26.0 Å². The van der Waals surface area contributed by atoms with E-state index in [1.165, 1.54) is 12.1 Å². The lowest BCUT2D eigenvalue weighted by Crippen LogP contribution is -2.62. The maximum atomic E-state index is 14.3. The number of aliphatic hydroxyl groups excluding tert-OH is 1. The highest BCUT2D eigenvalue weighted by Gasteiger charge is 2.42. The van der Waals surface area contributed by atoms with Crippen LogP contribution in [0.15, 0.2) is 30.3 Å². The Bertz CT molecular complexity index is 1490. The minimum Gasteiger partial charge on any atom is -0.390 e. The van der Waals surface area contributed by atoms with Gasteiger partial charge in [0.1, 0.15) is 11.6 Å². The molecule has 2 fully saturated rings. The smallest absolute Gasteiger partial charge is 0.241 e. The van der Waals surface area contributed by atoms with Gasteiger partial charge in [-0.15, -0.1) is 0 Å². The van der Waals surface area contributed by atoms with Crippen LogP contribution >= 0.6 is 0 Å². The normalized spacial score (nSPS) is 24.5. The minimum atomic E-state index is -0.324. The summed E-state index contributed by atoms with van der Waals surface area (Å²) in [5.41, 5.74) is 5.02. The van der Waals surface area contributed by atoms with E-state index in [2.05, 4.69) is 53.3 Å². The molecule has 3 aliphatic rings. The van der Waals surface area contributed by atoms with Crippen LogP contribution in [0.3, 0.4) is 0 Å². The number of hydrogen-bond donors (Lipinski definition) is 2. The molecule has 10 heteroatoms. The minimum absolute atomic E-state index is 0.0909. The highest BCUT2D eigenvalue weighted by atomic mass is 19.1. The lowest BCUT2D eigenvalue weighted by molar-refractivity contribution is -0.121. The summed E-state index contributed by atoms with van der Waals surface area (Å²) in [4.78, 5) is 25.8. The number of halogens is 1. The quantitative estimate of drug-likeness (QED) is 0.437. The summed E-state index contributed by atoms with van der Waals surface area (Å²) in [6, 6.07) is 9.52. The van der Waals surface area contributed by atoms with Crippen molar-refractivity contribution in [2.24, 2.45) is 0 Å². The summed E-state index contributed by atoms with van der Waals surface area (Å²) < 4.78 is 21.5. The molecule has 43 heavy (non-hydrogen) atoms. The van der Waals surface area contributed by atoms with Gasteiger partial charge in [-0.3, -0.25) is 19.0 Å². The second kappa shape index (κ2) is 11.9. The van der Waals surface area contributed by atoms with Crippen LogP contribution in [0.2, 0.25) is 0 Å². The molecule has 232 valence electrons. The predicted octanol–water partition coefficient (Wildman–Crippen LogP) is 2.87. The fourth-order valence-electron chi connectivity index (χ4n) is 7.28. The number of imidazole rings is 1. The number of aryl methyl sites for hydroxylation is 1. The van der Waals surface area contributed by atoms with Gasteiger partial charge in [-0.2, -0.15) is 0 Å². The highest BCUT2D eigenvalue weighted by Crippen LogP contribution is 2.43. The number of pyridine rings is 1. The molecule has 1 aromatic carbocycles. The molecule has 3 aliphatic heterocycles. The monoisotopic (exact) mass is 592 g/mol. The Balaban J connectivity index is 1.34. The van der Waals surface area contributed by atoms with Crippen molar-refractivity contribution in [1.82, 2.24) is 24.5 Å². The number of carbonyl (C=O) groups is 1. The Morgan fingerprint density at radius 3 is 2.70 bits per heavy atom. The number of anilines is 1. The van der Waals surface area contributed by atoms with Crippen LogP contribution in [0.25, 0.3) is 5.52 Å². The molecule has 2 aromatic heterocycles. The predicted molar refractivity (Wildman–Crippen MR) is 165 cm³/mol. The van der Waals surface area contributed by atoms with Crippen molar-refractivity contribution in [3.63, 3.8) is 0 Å². The number of amides is 1. The first-order valence-electron chi connectivity index (χ1n) is 15.5. The second-order valence-electron chi connectivity index (χ2n) is 13.3.